The van der Waals surface area contributed by atoms with Gasteiger partial charge in [-0.05, 0) is 6.42 Å². The first-order valence-corrected chi connectivity index (χ1v) is 6.32. The first-order chi connectivity index (χ1) is 9.02. The number of carbonyl (C=O) groups is 2. The van der Waals surface area contributed by atoms with Crippen molar-refractivity contribution >= 4 is 11.9 Å². The summed E-state index contributed by atoms with van der Waals surface area (Å²) in [4.78, 5) is 29.3. The maximum Gasteiger partial charge on any atom is 0.310 e. The maximum atomic E-state index is 12.2. The number of methoxy groups -OCH3 is 1. The number of rotatable bonds is 3. The Hall–Kier alpha value is -1.92. The molecule has 0 radical (unpaired) electrons. The van der Waals surface area contributed by atoms with Crippen LogP contribution in [0.25, 0.3) is 0 Å². The molecule has 1 unspecified atom stereocenters. The molecule has 0 spiro atoms. The number of likely N-dealkylation sites (tertiary alicyclic amines) is 1. The molecule has 1 atom stereocenters. The summed E-state index contributed by atoms with van der Waals surface area (Å²) in [7, 11) is 1.36. The van der Waals surface area contributed by atoms with Gasteiger partial charge in [0.15, 0.2) is 0 Å². The molecule has 19 heavy (non-hydrogen) atoms. The van der Waals surface area contributed by atoms with Crippen LogP contribution in [0.2, 0.25) is 0 Å². The Bertz CT molecular complexity index is 483. The van der Waals surface area contributed by atoms with Crippen LogP contribution < -0.4 is 0 Å². The quantitative estimate of drug-likeness (QED) is 0.808. The smallest absolute Gasteiger partial charge is 0.310 e. The van der Waals surface area contributed by atoms with Gasteiger partial charge in [-0.1, -0.05) is 13.8 Å². The van der Waals surface area contributed by atoms with E-state index >= 15 is 0 Å². The van der Waals surface area contributed by atoms with Crippen LogP contribution in [0.3, 0.4) is 0 Å². The van der Waals surface area contributed by atoms with Crippen molar-refractivity contribution in [2.45, 2.75) is 26.2 Å². The Kier molecular flexibility index (Phi) is 3.82. The second-order valence-electron chi connectivity index (χ2n) is 4.96. The van der Waals surface area contributed by atoms with Crippen molar-refractivity contribution in [1.29, 1.82) is 0 Å². The van der Waals surface area contributed by atoms with Gasteiger partial charge in [0.1, 0.15) is 5.82 Å². The average Bonchev–Trinajstić information content (AvgIpc) is 3.05. The summed E-state index contributed by atoms with van der Waals surface area (Å²) in [6, 6.07) is 0. The third-order valence-electron chi connectivity index (χ3n) is 3.25. The minimum absolute atomic E-state index is 0.161. The Morgan fingerprint density at radius 1 is 1.47 bits per heavy atom. The van der Waals surface area contributed by atoms with Crippen LogP contribution in [0, 0.1) is 5.92 Å². The Morgan fingerprint density at radius 2 is 2.21 bits per heavy atom. The number of nitrogens with zero attached hydrogens (tertiary/aromatic N) is 3. The van der Waals surface area contributed by atoms with E-state index < -0.39 is 0 Å². The van der Waals surface area contributed by atoms with Crippen LogP contribution >= 0.6 is 0 Å². The molecule has 1 amide bonds. The molecule has 1 aliphatic rings. The van der Waals surface area contributed by atoms with Gasteiger partial charge in [-0.25, -0.2) is 4.98 Å². The van der Waals surface area contributed by atoms with Crippen LogP contribution in [-0.2, 0) is 9.53 Å². The van der Waals surface area contributed by atoms with E-state index in [1.54, 1.807) is 4.90 Å². The van der Waals surface area contributed by atoms with Gasteiger partial charge in [0, 0.05) is 19.0 Å². The second kappa shape index (κ2) is 5.38. The number of hydrogen-bond donors (Lipinski definition) is 1. The molecule has 7 heteroatoms. The summed E-state index contributed by atoms with van der Waals surface area (Å²) in [6.45, 7) is 4.84. The van der Waals surface area contributed by atoms with Gasteiger partial charge in [0.05, 0.1) is 13.0 Å². The molecule has 0 bridgehead atoms. The molecule has 1 saturated heterocycles. The molecular weight excluding hydrogens is 248 g/mol. The van der Waals surface area contributed by atoms with E-state index in [0.29, 0.717) is 25.3 Å². The van der Waals surface area contributed by atoms with E-state index in [9.17, 15) is 9.59 Å². The summed E-state index contributed by atoms with van der Waals surface area (Å²) in [5.41, 5.74) is 0. The number of amides is 1. The third kappa shape index (κ3) is 2.74. The van der Waals surface area contributed by atoms with Crippen molar-refractivity contribution in [3.8, 4) is 0 Å². The highest BCUT2D eigenvalue weighted by Crippen LogP contribution is 2.19. The molecule has 0 aliphatic carbocycles. The first kappa shape index (κ1) is 13.5. The van der Waals surface area contributed by atoms with Gasteiger partial charge in [-0.15, -0.1) is 5.10 Å². The minimum Gasteiger partial charge on any atom is -0.469 e. The highest BCUT2D eigenvalue weighted by molar-refractivity contribution is 5.91. The van der Waals surface area contributed by atoms with Gasteiger partial charge in [-0.2, -0.15) is 0 Å². The number of nitrogens with one attached hydrogen (secondary N) is 1. The summed E-state index contributed by atoms with van der Waals surface area (Å²) in [6.07, 6.45) is 0.625. The van der Waals surface area contributed by atoms with Gasteiger partial charge >= 0.3 is 5.97 Å². The average molecular weight is 266 g/mol. The summed E-state index contributed by atoms with van der Waals surface area (Å²) < 4.78 is 4.69. The maximum absolute atomic E-state index is 12.2. The molecule has 2 rings (SSSR count). The molecule has 1 aliphatic heterocycles. The number of carbonyl (C=O) groups excluding carboxylic acids is 2. The predicted octanol–water partition coefficient (Wildman–Crippen LogP) is 0.563. The van der Waals surface area contributed by atoms with E-state index in [1.807, 2.05) is 13.8 Å². The lowest BCUT2D eigenvalue weighted by Crippen LogP contribution is -2.31. The van der Waals surface area contributed by atoms with E-state index in [1.165, 1.54) is 7.11 Å². The van der Waals surface area contributed by atoms with Gasteiger partial charge in [0.2, 0.25) is 5.82 Å². The predicted molar refractivity (Wildman–Crippen MR) is 66.5 cm³/mol. The summed E-state index contributed by atoms with van der Waals surface area (Å²) in [5.74, 6) is 0.289. The number of ether oxygens (including phenoxy) is 1. The highest BCUT2D eigenvalue weighted by Gasteiger charge is 2.33. The first-order valence-electron chi connectivity index (χ1n) is 6.32. The monoisotopic (exact) mass is 266 g/mol. The van der Waals surface area contributed by atoms with Crippen molar-refractivity contribution in [2.24, 2.45) is 5.92 Å². The number of H-pyrrole nitrogens is 1. The zero-order chi connectivity index (χ0) is 14.0. The van der Waals surface area contributed by atoms with Crippen LogP contribution in [-0.4, -0.2) is 52.2 Å². The fraction of sp³-hybridized carbons (Fsp3) is 0.667. The molecule has 1 fully saturated rings. The molecule has 0 aromatic carbocycles. The van der Waals surface area contributed by atoms with E-state index in [0.717, 1.165) is 0 Å². The highest BCUT2D eigenvalue weighted by atomic mass is 16.5. The standard InChI is InChI=1S/C12H18N4O3/c1-7(2)9-13-10(15-14-9)11(17)16-5-4-8(6-16)12(18)19-3/h7-8H,4-6H2,1-3H3,(H,13,14,15). The van der Waals surface area contributed by atoms with Gasteiger partial charge < -0.3 is 9.64 Å². The minimum atomic E-state index is -0.270. The normalized spacial score (nSPS) is 18.9. The van der Waals surface area contributed by atoms with Crippen LogP contribution in [0.15, 0.2) is 0 Å². The van der Waals surface area contributed by atoms with Crippen LogP contribution in [0.1, 0.15) is 42.6 Å². The lowest BCUT2D eigenvalue weighted by Gasteiger charge is -2.13. The zero-order valence-electron chi connectivity index (χ0n) is 11.3. The lowest BCUT2D eigenvalue weighted by atomic mass is 10.1. The SMILES string of the molecule is COC(=O)C1CCN(C(=O)c2n[nH]c(C(C)C)n2)C1. The lowest BCUT2D eigenvalue weighted by molar-refractivity contribution is -0.144. The topological polar surface area (TPSA) is 88.2 Å². The summed E-state index contributed by atoms with van der Waals surface area (Å²) in [5, 5.41) is 6.68. The van der Waals surface area contributed by atoms with E-state index in [2.05, 4.69) is 19.9 Å². The molecule has 104 valence electrons. The second-order valence-corrected chi connectivity index (χ2v) is 4.96. The number of hydrogen-bond acceptors (Lipinski definition) is 5. The number of aromatic amines is 1. The Morgan fingerprint density at radius 3 is 2.79 bits per heavy atom. The summed E-state index contributed by atoms with van der Waals surface area (Å²) >= 11 is 0. The van der Waals surface area contributed by atoms with Crippen molar-refractivity contribution in [1.82, 2.24) is 20.1 Å². The van der Waals surface area contributed by atoms with Crippen LogP contribution in [0.4, 0.5) is 0 Å². The molecular formula is C12H18N4O3. The molecule has 1 aromatic rings. The molecule has 1 aromatic heterocycles. The van der Waals surface area contributed by atoms with Gasteiger partial charge in [-0.3, -0.25) is 14.7 Å². The fourth-order valence-corrected chi connectivity index (χ4v) is 2.07. The van der Waals surface area contributed by atoms with Crippen molar-refractivity contribution in [3.63, 3.8) is 0 Å². The van der Waals surface area contributed by atoms with E-state index in [-0.39, 0.29) is 29.5 Å². The number of esters is 1. The Balaban J connectivity index is 2.02. The third-order valence-corrected chi connectivity index (χ3v) is 3.25. The van der Waals surface area contributed by atoms with Crippen molar-refractivity contribution < 1.29 is 14.3 Å². The molecule has 0 saturated carbocycles. The Labute approximate surface area is 111 Å². The molecule has 1 N–H and O–H groups in total. The van der Waals surface area contributed by atoms with E-state index in [4.69, 9.17) is 0 Å². The fourth-order valence-electron chi connectivity index (χ4n) is 2.07. The zero-order valence-corrected chi connectivity index (χ0v) is 11.3. The molecule has 2 heterocycles. The van der Waals surface area contributed by atoms with Crippen molar-refractivity contribution in [3.05, 3.63) is 11.6 Å². The number of aromatic nitrogens is 3. The van der Waals surface area contributed by atoms with Crippen molar-refractivity contribution in [2.75, 3.05) is 20.2 Å². The largest absolute Gasteiger partial charge is 0.469 e. The molecule has 7 nitrogen and oxygen atoms in total. The van der Waals surface area contributed by atoms with Gasteiger partial charge in [0.25, 0.3) is 5.91 Å². The van der Waals surface area contributed by atoms with Crippen LogP contribution in [0.5, 0.6) is 0 Å².